The highest BCUT2D eigenvalue weighted by atomic mass is 19.4. The minimum atomic E-state index is -4.94. The molecule has 1 fully saturated rings. The van der Waals surface area contributed by atoms with E-state index in [1.807, 2.05) is 65.6 Å². The number of rotatable bonds is 5. The Bertz CT molecular complexity index is 969. The van der Waals surface area contributed by atoms with Crippen molar-refractivity contribution in [2.75, 3.05) is 0 Å². The third-order valence-corrected chi connectivity index (χ3v) is 5.00. The molecule has 3 aromatic rings. The zero-order valence-electron chi connectivity index (χ0n) is 15.4. The lowest BCUT2D eigenvalue weighted by atomic mass is 10.0. The molecule has 0 amide bonds. The summed E-state index contributed by atoms with van der Waals surface area (Å²) >= 11 is 0. The third-order valence-electron chi connectivity index (χ3n) is 5.00. The molecule has 4 rings (SSSR count). The summed E-state index contributed by atoms with van der Waals surface area (Å²) in [6.45, 7) is 0. The smallest absolute Gasteiger partial charge is 0.358 e. The van der Waals surface area contributed by atoms with Gasteiger partial charge in [0, 0.05) is 6.20 Å². The second-order valence-electron chi connectivity index (χ2n) is 6.89. The number of halogens is 3. The second kappa shape index (κ2) is 7.59. The van der Waals surface area contributed by atoms with Crippen LogP contribution in [0.1, 0.15) is 28.8 Å². The minimum Gasteiger partial charge on any atom is -0.358 e. The monoisotopic (exact) mass is 393 g/mol. The summed E-state index contributed by atoms with van der Waals surface area (Å²) in [6, 6.07) is 26.9. The summed E-state index contributed by atoms with van der Waals surface area (Å²) in [4.78, 5) is 14.0. The fourth-order valence-electron chi connectivity index (χ4n) is 3.60. The van der Waals surface area contributed by atoms with Crippen molar-refractivity contribution in [1.82, 2.24) is 4.90 Å². The number of hydrogen-bond donors (Lipinski definition) is 0. The van der Waals surface area contributed by atoms with E-state index in [9.17, 15) is 18.0 Å². The first-order valence-electron chi connectivity index (χ1n) is 9.23. The number of carbonyl (C=O) groups excluding carboxylic acids is 1. The van der Waals surface area contributed by atoms with Crippen LogP contribution in [0.4, 0.5) is 13.2 Å². The Kier molecular flexibility index (Phi) is 4.97. The van der Waals surface area contributed by atoms with Crippen LogP contribution in [0.5, 0.6) is 0 Å². The number of ketones is 1. The van der Waals surface area contributed by atoms with Crippen LogP contribution in [0, 0.1) is 0 Å². The van der Waals surface area contributed by atoms with E-state index in [4.69, 9.17) is 0 Å². The standard InChI is InChI=1S/C24H18F3NO/c25-24(26,27)23(29)20(17-10-4-1-5-11-17)16-28-21(18-12-6-2-7-13-18)22(28)19-14-8-3-9-15-19/h1-16,21-22H/b20-16+/t21-,22+,28?. The molecule has 1 aliphatic heterocycles. The number of allylic oxidation sites excluding steroid dienone is 1. The fraction of sp³-hybridized carbons (Fsp3) is 0.125. The lowest BCUT2D eigenvalue weighted by Gasteiger charge is -2.11. The molecule has 0 spiro atoms. The molecule has 0 aliphatic carbocycles. The average molecular weight is 393 g/mol. The summed E-state index contributed by atoms with van der Waals surface area (Å²) in [5.41, 5.74) is 1.88. The predicted octanol–water partition coefficient (Wildman–Crippen LogP) is 5.96. The maximum Gasteiger partial charge on any atom is 0.454 e. The van der Waals surface area contributed by atoms with Gasteiger partial charge in [-0.05, 0) is 16.7 Å². The maximum atomic E-state index is 13.3. The lowest BCUT2D eigenvalue weighted by molar-refractivity contribution is -0.164. The van der Waals surface area contributed by atoms with Crippen molar-refractivity contribution in [3.63, 3.8) is 0 Å². The van der Waals surface area contributed by atoms with E-state index in [2.05, 4.69) is 0 Å². The summed E-state index contributed by atoms with van der Waals surface area (Å²) in [7, 11) is 0. The summed E-state index contributed by atoms with van der Waals surface area (Å²) in [5.74, 6) is -1.84. The van der Waals surface area contributed by atoms with Gasteiger partial charge in [-0.2, -0.15) is 13.2 Å². The Morgan fingerprint density at radius 3 is 1.55 bits per heavy atom. The quantitative estimate of drug-likeness (QED) is 0.394. The number of nitrogens with zero attached hydrogens (tertiary/aromatic N) is 1. The van der Waals surface area contributed by atoms with E-state index in [0.29, 0.717) is 0 Å². The Morgan fingerprint density at radius 2 is 1.14 bits per heavy atom. The first-order chi connectivity index (χ1) is 14.0. The molecule has 0 bridgehead atoms. The molecule has 0 saturated carbocycles. The van der Waals surface area contributed by atoms with Crippen molar-refractivity contribution in [3.05, 3.63) is 114 Å². The van der Waals surface area contributed by atoms with Gasteiger partial charge in [-0.1, -0.05) is 91.0 Å². The minimum absolute atomic E-state index is 0.127. The number of benzene rings is 3. The van der Waals surface area contributed by atoms with Crippen molar-refractivity contribution < 1.29 is 18.0 Å². The van der Waals surface area contributed by atoms with Gasteiger partial charge in [0.2, 0.25) is 0 Å². The number of hydrogen-bond acceptors (Lipinski definition) is 2. The van der Waals surface area contributed by atoms with Crippen molar-refractivity contribution in [2.24, 2.45) is 0 Å². The molecule has 3 aromatic carbocycles. The molecular formula is C24H18F3NO. The molecule has 5 heteroatoms. The van der Waals surface area contributed by atoms with E-state index in [1.165, 1.54) is 18.3 Å². The number of Topliss-reactive ketones (excluding diaryl/α,β-unsaturated/α-hetero) is 1. The molecule has 29 heavy (non-hydrogen) atoms. The third kappa shape index (κ3) is 3.94. The molecule has 1 saturated heterocycles. The molecule has 146 valence electrons. The number of alkyl halides is 3. The highest BCUT2D eigenvalue weighted by molar-refractivity contribution is 6.23. The van der Waals surface area contributed by atoms with E-state index in [0.717, 1.165) is 11.1 Å². The van der Waals surface area contributed by atoms with Gasteiger partial charge in [0.25, 0.3) is 5.78 Å². The largest absolute Gasteiger partial charge is 0.454 e. The fourth-order valence-corrected chi connectivity index (χ4v) is 3.60. The van der Waals surface area contributed by atoms with Crippen LogP contribution >= 0.6 is 0 Å². The highest BCUT2D eigenvalue weighted by Crippen LogP contribution is 2.55. The van der Waals surface area contributed by atoms with Crippen molar-refractivity contribution in [1.29, 1.82) is 0 Å². The van der Waals surface area contributed by atoms with Gasteiger partial charge >= 0.3 is 6.18 Å². The summed E-state index contributed by atoms with van der Waals surface area (Å²) in [6.07, 6.45) is -3.58. The topological polar surface area (TPSA) is 20.1 Å². The Hall–Kier alpha value is -3.34. The van der Waals surface area contributed by atoms with Crippen LogP contribution < -0.4 is 0 Å². The maximum absolute atomic E-state index is 13.3. The lowest BCUT2D eigenvalue weighted by Crippen LogP contribution is -2.24. The van der Waals surface area contributed by atoms with Crippen LogP contribution in [0.2, 0.25) is 0 Å². The van der Waals surface area contributed by atoms with Gasteiger partial charge in [0.15, 0.2) is 0 Å². The van der Waals surface area contributed by atoms with Crippen LogP contribution in [0.3, 0.4) is 0 Å². The molecule has 2 nitrogen and oxygen atoms in total. The zero-order chi connectivity index (χ0) is 20.4. The van der Waals surface area contributed by atoms with Gasteiger partial charge in [-0.3, -0.25) is 4.79 Å². The van der Waals surface area contributed by atoms with E-state index >= 15 is 0 Å². The summed E-state index contributed by atoms with van der Waals surface area (Å²) < 4.78 is 39.9. The van der Waals surface area contributed by atoms with E-state index < -0.39 is 12.0 Å². The highest BCUT2D eigenvalue weighted by Gasteiger charge is 2.49. The SMILES string of the molecule is O=C(/C(=C/N1[C@H](c2ccccc2)[C@@H]1c1ccccc1)c1ccccc1)C(F)(F)F. The van der Waals surface area contributed by atoms with Crippen LogP contribution in [0.15, 0.2) is 97.2 Å². The molecule has 0 aromatic heterocycles. The van der Waals surface area contributed by atoms with Gasteiger partial charge in [0.05, 0.1) is 17.7 Å². The molecule has 0 radical (unpaired) electrons. The van der Waals surface area contributed by atoms with Gasteiger partial charge < -0.3 is 4.90 Å². The van der Waals surface area contributed by atoms with E-state index in [1.54, 1.807) is 18.2 Å². The van der Waals surface area contributed by atoms with Crippen molar-refractivity contribution in [2.45, 2.75) is 18.3 Å². The average Bonchev–Trinajstić information content (AvgIpc) is 3.46. The Labute approximate surface area is 166 Å². The molecular weight excluding hydrogens is 375 g/mol. The molecule has 0 unspecified atom stereocenters. The van der Waals surface area contributed by atoms with Crippen molar-refractivity contribution in [3.8, 4) is 0 Å². The van der Waals surface area contributed by atoms with E-state index in [-0.39, 0.29) is 23.2 Å². The number of carbonyl (C=O) groups is 1. The molecule has 2 atom stereocenters. The zero-order valence-corrected chi connectivity index (χ0v) is 15.4. The molecule has 0 N–H and O–H groups in total. The first-order valence-corrected chi connectivity index (χ1v) is 9.23. The van der Waals surface area contributed by atoms with Gasteiger partial charge in [-0.25, -0.2) is 0 Å². The van der Waals surface area contributed by atoms with Gasteiger partial charge in [0.1, 0.15) is 0 Å². The van der Waals surface area contributed by atoms with Crippen LogP contribution in [-0.2, 0) is 4.79 Å². The molecule has 1 heterocycles. The van der Waals surface area contributed by atoms with Crippen molar-refractivity contribution >= 4 is 11.4 Å². The second-order valence-corrected chi connectivity index (χ2v) is 6.89. The first kappa shape index (κ1) is 19.0. The van der Waals surface area contributed by atoms with Crippen LogP contribution in [0.25, 0.3) is 5.57 Å². The Balaban J connectivity index is 1.78. The Morgan fingerprint density at radius 1 is 0.724 bits per heavy atom. The van der Waals surface area contributed by atoms with Gasteiger partial charge in [-0.15, -0.1) is 0 Å². The van der Waals surface area contributed by atoms with Crippen LogP contribution in [-0.4, -0.2) is 16.9 Å². The normalized spacial score (nSPS) is 19.1. The molecule has 1 aliphatic rings. The predicted molar refractivity (Wildman–Crippen MR) is 106 cm³/mol. The summed E-state index contributed by atoms with van der Waals surface area (Å²) in [5, 5.41) is 0.